The SMILES string of the molecule is Cn1nc(N2CCC(=O)NC2=O)c2cccc(NC(=O)CN3CCN(C(=O)OC(C)(C)C)CC3C(F)(F)F)c21. The van der Waals surface area contributed by atoms with Crippen molar-refractivity contribution in [3.63, 3.8) is 0 Å². The number of rotatable bonds is 4. The van der Waals surface area contributed by atoms with Gasteiger partial charge in [0.2, 0.25) is 11.8 Å². The summed E-state index contributed by atoms with van der Waals surface area (Å²) in [5, 5.41) is 9.78. The number of imide groups is 1. The number of nitrogens with one attached hydrogen (secondary N) is 2. The van der Waals surface area contributed by atoms with Gasteiger partial charge in [0.25, 0.3) is 0 Å². The molecule has 15 heteroatoms. The summed E-state index contributed by atoms with van der Waals surface area (Å²) in [5.41, 5.74) is -0.111. The van der Waals surface area contributed by atoms with Gasteiger partial charge in [-0.15, -0.1) is 0 Å². The van der Waals surface area contributed by atoms with E-state index in [1.807, 2.05) is 0 Å². The molecule has 1 aromatic carbocycles. The lowest BCUT2D eigenvalue weighted by Gasteiger charge is -2.41. The maximum Gasteiger partial charge on any atom is 0.410 e. The van der Waals surface area contributed by atoms with E-state index in [1.54, 1.807) is 46.0 Å². The molecule has 5 amide bonds. The van der Waals surface area contributed by atoms with Crippen LogP contribution in [0.2, 0.25) is 0 Å². The van der Waals surface area contributed by atoms with E-state index in [2.05, 4.69) is 15.7 Å². The minimum Gasteiger partial charge on any atom is -0.444 e. The number of carbonyl (C=O) groups excluding carboxylic acids is 4. The van der Waals surface area contributed by atoms with Crippen molar-refractivity contribution < 1.29 is 37.1 Å². The molecule has 0 saturated carbocycles. The standard InChI is InChI=1S/C24H30F3N7O5/c1-23(2,3)39-22(38)33-11-10-32(16(12-33)24(25,26)27)13-18(36)28-15-7-5-6-14-19(15)31(4)30-20(14)34-9-8-17(35)29-21(34)37/h5-7,16H,8-13H2,1-4H3,(H,28,36)(H,29,35,37). The number of aromatic nitrogens is 2. The van der Waals surface area contributed by atoms with E-state index >= 15 is 0 Å². The number of fused-ring (bicyclic) bond motifs is 1. The van der Waals surface area contributed by atoms with Crippen molar-refractivity contribution >= 4 is 46.3 Å². The molecule has 2 aromatic rings. The van der Waals surface area contributed by atoms with Crippen molar-refractivity contribution in [2.75, 3.05) is 42.9 Å². The van der Waals surface area contributed by atoms with Gasteiger partial charge in [-0.3, -0.25) is 29.4 Å². The van der Waals surface area contributed by atoms with Gasteiger partial charge in [0.05, 0.1) is 17.7 Å². The Hall–Kier alpha value is -3.88. The van der Waals surface area contributed by atoms with Crippen LogP contribution >= 0.6 is 0 Å². The summed E-state index contributed by atoms with van der Waals surface area (Å²) in [6, 6.07) is 2.21. The lowest BCUT2D eigenvalue weighted by Crippen LogP contribution is -2.61. The molecule has 39 heavy (non-hydrogen) atoms. The van der Waals surface area contributed by atoms with Crippen LogP contribution in [-0.4, -0.2) is 94.1 Å². The molecule has 0 bridgehead atoms. The van der Waals surface area contributed by atoms with Crippen LogP contribution in [0.15, 0.2) is 18.2 Å². The van der Waals surface area contributed by atoms with Crippen LogP contribution in [0.4, 0.5) is 34.3 Å². The average molecular weight is 554 g/mol. The summed E-state index contributed by atoms with van der Waals surface area (Å²) in [5.74, 6) is -0.802. The van der Waals surface area contributed by atoms with Crippen LogP contribution in [0.1, 0.15) is 27.2 Å². The van der Waals surface area contributed by atoms with Gasteiger partial charge in [-0.25, -0.2) is 9.59 Å². The molecule has 1 aromatic heterocycles. The van der Waals surface area contributed by atoms with E-state index < -0.39 is 54.8 Å². The first-order valence-corrected chi connectivity index (χ1v) is 12.3. The van der Waals surface area contributed by atoms with Gasteiger partial charge in [-0.1, -0.05) is 6.07 Å². The van der Waals surface area contributed by atoms with Crippen LogP contribution in [-0.2, 0) is 21.4 Å². The Kier molecular flexibility index (Phi) is 7.47. The van der Waals surface area contributed by atoms with E-state index in [4.69, 9.17) is 4.74 Å². The number of aryl methyl sites for hydroxylation is 1. The van der Waals surface area contributed by atoms with Gasteiger partial charge in [-0.05, 0) is 32.9 Å². The molecule has 4 rings (SSSR count). The molecule has 212 valence electrons. The summed E-state index contributed by atoms with van der Waals surface area (Å²) in [6.07, 6.45) is -5.43. The highest BCUT2D eigenvalue weighted by Crippen LogP contribution is 2.32. The van der Waals surface area contributed by atoms with Gasteiger partial charge in [-0.2, -0.15) is 18.3 Å². The van der Waals surface area contributed by atoms with E-state index in [0.717, 1.165) is 9.80 Å². The topological polar surface area (TPSA) is 129 Å². The van der Waals surface area contributed by atoms with Gasteiger partial charge in [0.15, 0.2) is 5.82 Å². The first kappa shape index (κ1) is 28.1. The number of benzene rings is 1. The number of nitrogens with zero attached hydrogens (tertiary/aromatic N) is 5. The molecule has 0 spiro atoms. The second-order valence-electron chi connectivity index (χ2n) is 10.4. The molecular formula is C24H30F3N7O5. The van der Waals surface area contributed by atoms with Gasteiger partial charge < -0.3 is 15.0 Å². The monoisotopic (exact) mass is 553 g/mol. The molecule has 2 aliphatic heterocycles. The molecule has 3 heterocycles. The number of halogens is 3. The predicted molar refractivity (Wildman–Crippen MR) is 134 cm³/mol. The van der Waals surface area contributed by atoms with Crippen molar-refractivity contribution in [2.24, 2.45) is 7.05 Å². The van der Waals surface area contributed by atoms with Gasteiger partial charge in [0.1, 0.15) is 11.6 Å². The highest BCUT2D eigenvalue weighted by Gasteiger charge is 2.48. The zero-order valence-corrected chi connectivity index (χ0v) is 22.0. The second kappa shape index (κ2) is 10.4. The molecule has 0 radical (unpaired) electrons. The van der Waals surface area contributed by atoms with Crippen molar-refractivity contribution in [1.82, 2.24) is 24.9 Å². The first-order valence-electron chi connectivity index (χ1n) is 12.3. The normalized spacial score (nSPS) is 19.3. The number of piperazine rings is 1. The predicted octanol–water partition coefficient (Wildman–Crippen LogP) is 2.44. The van der Waals surface area contributed by atoms with Crippen LogP contribution < -0.4 is 15.5 Å². The maximum atomic E-state index is 13.9. The number of alkyl halides is 3. The van der Waals surface area contributed by atoms with E-state index in [-0.39, 0.29) is 31.9 Å². The largest absolute Gasteiger partial charge is 0.444 e. The van der Waals surface area contributed by atoms with E-state index in [9.17, 15) is 32.3 Å². The Morgan fingerprint density at radius 1 is 1.15 bits per heavy atom. The van der Waals surface area contributed by atoms with E-state index in [1.165, 1.54) is 9.58 Å². The number of anilines is 2. The third kappa shape index (κ3) is 6.24. The number of urea groups is 1. The molecule has 1 atom stereocenters. The Labute approximate surface area is 222 Å². The minimum absolute atomic E-state index is 0.0319. The minimum atomic E-state index is -4.69. The fraction of sp³-hybridized carbons (Fsp3) is 0.542. The van der Waals surface area contributed by atoms with Gasteiger partial charge >= 0.3 is 18.3 Å². The van der Waals surface area contributed by atoms with Crippen molar-refractivity contribution in [3.8, 4) is 0 Å². The highest BCUT2D eigenvalue weighted by molar-refractivity contribution is 6.11. The quantitative estimate of drug-likeness (QED) is 0.595. The first-order chi connectivity index (χ1) is 18.1. The Morgan fingerprint density at radius 2 is 1.87 bits per heavy atom. The van der Waals surface area contributed by atoms with Crippen molar-refractivity contribution in [1.29, 1.82) is 0 Å². The number of hydrogen-bond acceptors (Lipinski definition) is 7. The third-order valence-corrected chi connectivity index (χ3v) is 6.30. The lowest BCUT2D eigenvalue weighted by atomic mass is 10.1. The Morgan fingerprint density at radius 3 is 2.51 bits per heavy atom. The lowest BCUT2D eigenvalue weighted by molar-refractivity contribution is -0.195. The van der Waals surface area contributed by atoms with Gasteiger partial charge in [0, 0.05) is 45.0 Å². The number of amides is 5. The molecule has 12 nitrogen and oxygen atoms in total. The van der Waals surface area contributed by atoms with E-state index in [0.29, 0.717) is 16.6 Å². The number of carbonyl (C=O) groups is 4. The van der Waals surface area contributed by atoms with Crippen molar-refractivity contribution in [3.05, 3.63) is 18.2 Å². The fourth-order valence-electron chi connectivity index (χ4n) is 4.57. The summed E-state index contributed by atoms with van der Waals surface area (Å²) in [7, 11) is 1.60. The van der Waals surface area contributed by atoms with Crippen LogP contribution in [0, 0.1) is 0 Å². The number of hydrogen-bond donors (Lipinski definition) is 2. The zero-order valence-electron chi connectivity index (χ0n) is 22.0. The Balaban J connectivity index is 1.50. The zero-order chi connectivity index (χ0) is 28.7. The smallest absolute Gasteiger partial charge is 0.410 e. The molecule has 2 aliphatic rings. The molecule has 2 fully saturated rings. The summed E-state index contributed by atoms with van der Waals surface area (Å²) < 4.78 is 48.4. The molecular weight excluding hydrogens is 523 g/mol. The van der Waals surface area contributed by atoms with Crippen LogP contribution in [0.5, 0.6) is 0 Å². The van der Waals surface area contributed by atoms with Crippen LogP contribution in [0.3, 0.4) is 0 Å². The maximum absolute atomic E-state index is 13.9. The number of para-hydroxylation sites is 1. The third-order valence-electron chi connectivity index (χ3n) is 6.30. The fourth-order valence-corrected chi connectivity index (χ4v) is 4.57. The molecule has 0 aliphatic carbocycles. The summed E-state index contributed by atoms with van der Waals surface area (Å²) >= 11 is 0. The average Bonchev–Trinajstić information content (AvgIpc) is 3.14. The molecule has 2 N–H and O–H groups in total. The Bertz CT molecular complexity index is 1300. The number of ether oxygens (including phenoxy) is 1. The molecule has 1 unspecified atom stereocenters. The highest BCUT2D eigenvalue weighted by atomic mass is 19.4. The molecule has 2 saturated heterocycles. The van der Waals surface area contributed by atoms with Crippen molar-refractivity contribution in [2.45, 2.75) is 45.0 Å². The summed E-state index contributed by atoms with van der Waals surface area (Å²) in [4.78, 5) is 52.4. The summed E-state index contributed by atoms with van der Waals surface area (Å²) in [6.45, 7) is 3.57. The van der Waals surface area contributed by atoms with Crippen LogP contribution in [0.25, 0.3) is 10.9 Å². The second-order valence-corrected chi connectivity index (χ2v) is 10.4.